The van der Waals surface area contributed by atoms with Crippen LogP contribution in [-0.4, -0.2) is 50.5 Å². The Hall–Kier alpha value is -2.52. The first-order valence-corrected chi connectivity index (χ1v) is 11.3. The van der Waals surface area contributed by atoms with Gasteiger partial charge in [0.05, 0.1) is 14.2 Å². The van der Waals surface area contributed by atoms with Crippen molar-refractivity contribution < 1.29 is 22.7 Å². The molecule has 1 amide bonds. The molecule has 1 aliphatic rings. The van der Waals surface area contributed by atoms with E-state index in [0.717, 1.165) is 12.8 Å². The van der Waals surface area contributed by atoms with Crippen LogP contribution in [0.1, 0.15) is 35.9 Å². The van der Waals surface area contributed by atoms with E-state index < -0.39 is 15.9 Å². The van der Waals surface area contributed by atoms with Gasteiger partial charge in [-0.3, -0.25) is 4.79 Å². The Bertz CT molecular complexity index is 1010. The van der Waals surface area contributed by atoms with E-state index in [1.165, 1.54) is 24.6 Å². The summed E-state index contributed by atoms with van der Waals surface area (Å²) < 4.78 is 39.9. The number of carbonyl (C=O) groups is 1. The first-order valence-electron chi connectivity index (χ1n) is 9.88. The zero-order valence-corrected chi connectivity index (χ0v) is 18.9. The molecule has 1 fully saturated rings. The van der Waals surface area contributed by atoms with Crippen molar-refractivity contribution in [3.63, 3.8) is 0 Å². The Kier molecular flexibility index (Phi) is 6.42. The van der Waals surface area contributed by atoms with Crippen LogP contribution in [0.15, 0.2) is 29.2 Å². The predicted octanol–water partition coefficient (Wildman–Crippen LogP) is 3.02. The van der Waals surface area contributed by atoms with E-state index in [1.54, 1.807) is 36.7 Å². The van der Waals surface area contributed by atoms with Gasteiger partial charge in [-0.25, -0.2) is 8.42 Å². The Morgan fingerprint density at radius 1 is 1.07 bits per heavy atom. The minimum absolute atomic E-state index is 0.174. The Morgan fingerprint density at radius 2 is 1.63 bits per heavy atom. The molecule has 9 heteroatoms. The summed E-state index contributed by atoms with van der Waals surface area (Å²) >= 11 is 0. The first kappa shape index (κ1) is 22.2. The number of benzene rings is 1. The summed E-state index contributed by atoms with van der Waals surface area (Å²) in [7, 11) is 1.09. The van der Waals surface area contributed by atoms with Crippen LogP contribution in [0.3, 0.4) is 0 Å². The normalized spacial score (nSPS) is 15.8. The van der Waals surface area contributed by atoms with Crippen molar-refractivity contribution in [3.05, 3.63) is 35.7 Å². The number of rotatable bonds is 6. The van der Waals surface area contributed by atoms with Crippen molar-refractivity contribution in [2.24, 2.45) is 13.0 Å². The molecule has 8 nitrogen and oxygen atoms in total. The molecular weight excluding hydrogens is 406 g/mol. The maximum atomic E-state index is 13.2. The molecule has 1 saturated heterocycles. The van der Waals surface area contributed by atoms with Crippen LogP contribution >= 0.6 is 0 Å². The largest absolute Gasteiger partial charge is 0.497 e. The van der Waals surface area contributed by atoms with Gasteiger partial charge in [-0.1, -0.05) is 6.92 Å². The van der Waals surface area contributed by atoms with Crippen molar-refractivity contribution >= 4 is 21.6 Å². The number of nitrogens with one attached hydrogen (secondary N) is 1. The van der Waals surface area contributed by atoms with E-state index in [9.17, 15) is 13.2 Å². The van der Waals surface area contributed by atoms with Gasteiger partial charge in [0, 0.05) is 49.7 Å². The number of aromatic nitrogens is 1. The highest BCUT2D eigenvalue weighted by Gasteiger charge is 2.32. The molecule has 1 aromatic carbocycles. The third-order valence-electron chi connectivity index (χ3n) is 5.69. The fourth-order valence-electron chi connectivity index (χ4n) is 3.59. The van der Waals surface area contributed by atoms with Crippen LogP contribution in [0.25, 0.3) is 0 Å². The summed E-state index contributed by atoms with van der Waals surface area (Å²) in [4.78, 5) is 13.1. The Labute approximate surface area is 177 Å². The number of sulfonamides is 1. The number of methoxy groups -OCH3 is 2. The third-order valence-corrected chi connectivity index (χ3v) is 7.71. The molecule has 3 rings (SSSR count). The maximum Gasteiger partial charge on any atom is 0.272 e. The van der Waals surface area contributed by atoms with Crippen LogP contribution < -0.4 is 14.8 Å². The highest BCUT2D eigenvalue weighted by Crippen LogP contribution is 2.29. The van der Waals surface area contributed by atoms with Crippen LogP contribution in [0.4, 0.5) is 5.69 Å². The quantitative estimate of drug-likeness (QED) is 0.753. The van der Waals surface area contributed by atoms with Gasteiger partial charge < -0.3 is 19.4 Å². The second-order valence-corrected chi connectivity index (χ2v) is 9.59. The van der Waals surface area contributed by atoms with Gasteiger partial charge in [-0.05, 0) is 31.7 Å². The monoisotopic (exact) mass is 435 g/mol. The standard InChI is InChI=1S/C21H29N3O5S/c1-14-6-8-24(9-7-14)30(26,27)20-13-19(23(3)15(20)2)21(25)22-16-10-17(28-4)12-18(11-16)29-5/h10-14H,6-9H2,1-5H3,(H,22,25). The number of amides is 1. The lowest BCUT2D eigenvalue weighted by Crippen LogP contribution is -2.38. The molecule has 0 radical (unpaired) electrons. The maximum absolute atomic E-state index is 13.2. The SMILES string of the molecule is COc1cc(NC(=O)c2cc(S(=O)(=O)N3CCC(C)CC3)c(C)n2C)cc(OC)c1. The van der Waals surface area contributed by atoms with Gasteiger partial charge in [-0.2, -0.15) is 4.31 Å². The number of ether oxygens (including phenoxy) is 2. The van der Waals surface area contributed by atoms with Crippen molar-refractivity contribution in [2.75, 3.05) is 32.6 Å². The number of piperidine rings is 1. The molecule has 0 atom stereocenters. The van der Waals surface area contributed by atoms with E-state index in [-0.39, 0.29) is 10.6 Å². The summed E-state index contributed by atoms with van der Waals surface area (Å²) in [6, 6.07) is 6.49. The fourth-order valence-corrected chi connectivity index (χ4v) is 5.33. The van der Waals surface area contributed by atoms with E-state index in [0.29, 0.717) is 41.9 Å². The van der Waals surface area contributed by atoms with E-state index in [2.05, 4.69) is 12.2 Å². The van der Waals surface area contributed by atoms with Gasteiger partial charge in [0.15, 0.2) is 0 Å². The third kappa shape index (κ3) is 4.32. The Balaban J connectivity index is 1.88. The fraction of sp³-hybridized carbons (Fsp3) is 0.476. The van der Waals surface area contributed by atoms with E-state index in [4.69, 9.17) is 9.47 Å². The van der Waals surface area contributed by atoms with Crippen molar-refractivity contribution in [1.82, 2.24) is 8.87 Å². The Morgan fingerprint density at radius 3 is 2.17 bits per heavy atom. The van der Waals surface area contributed by atoms with E-state index >= 15 is 0 Å². The summed E-state index contributed by atoms with van der Waals surface area (Å²) in [5, 5.41) is 2.80. The zero-order chi connectivity index (χ0) is 22.1. The van der Waals surface area contributed by atoms with Gasteiger partial charge >= 0.3 is 0 Å². The minimum atomic E-state index is -3.65. The molecular formula is C21H29N3O5S. The van der Waals surface area contributed by atoms with Crippen LogP contribution in [-0.2, 0) is 17.1 Å². The van der Waals surface area contributed by atoms with E-state index in [1.807, 2.05) is 0 Å². The number of hydrogen-bond acceptors (Lipinski definition) is 5. The average molecular weight is 436 g/mol. The topological polar surface area (TPSA) is 89.9 Å². The van der Waals surface area contributed by atoms with Crippen molar-refractivity contribution in [1.29, 1.82) is 0 Å². The molecule has 1 N–H and O–H groups in total. The zero-order valence-electron chi connectivity index (χ0n) is 18.1. The molecule has 2 heterocycles. The van der Waals surface area contributed by atoms with Gasteiger partial charge in [0.2, 0.25) is 10.0 Å². The number of hydrogen-bond donors (Lipinski definition) is 1. The lowest BCUT2D eigenvalue weighted by Gasteiger charge is -2.29. The summed E-state index contributed by atoms with van der Waals surface area (Å²) in [6.07, 6.45) is 1.69. The van der Waals surface area contributed by atoms with Crippen LogP contribution in [0.2, 0.25) is 0 Å². The molecule has 30 heavy (non-hydrogen) atoms. The van der Waals surface area contributed by atoms with Crippen LogP contribution in [0, 0.1) is 12.8 Å². The summed E-state index contributed by atoms with van der Waals surface area (Å²) in [6.45, 7) is 4.85. The molecule has 0 aliphatic carbocycles. The van der Waals surface area contributed by atoms with Crippen molar-refractivity contribution in [2.45, 2.75) is 31.6 Å². The predicted molar refractivity (Wildman–Crippen MR) is 115 cm³/mol. The van der Waals surface area contributed by atoms with Crippen molar-refractivity contribution in [3.8, 4) is 11.5 Å². The molecule has 0 spiro atoms. The smallest absolute Gasteiger partial charge is 0.272 e. The highest BCUT2D eigenvalue weighted by atomic mass is 32.2. The lowest BCUT2D eigenvalue weighted by atomic mass is 10.0. The first-order chi connectivity index (χ1) is 14.2. The second-order valence-electron chi connectivity index (χ2n) is 7.68. The molecule has 1 aliphatic heterocycles. The minimum Gasteiger partial charge on any atom is -0.497 e. The van der Waals surface area contributed by atoms with Crippen LogP contribution in [0.5, 0.6) is 11.5 Å². The molecule has 0 bridgehead atoms. The number of anilines is 1. The molecule has 0 unspecified atom stereocenters. The summed E-state index contributed by atoms with van der Waals surface area (Å²) in [5.41, 5.74) is 1.28. The lowest BCUT2D eigenvalue weighted by molar-refractivity contribution is 0.101. The number of nitrogens with zero attached hydrogens (tertiary/aromatic N) is 2. The summed E-state index contributed by atoms with van der Waals surface area (Å²) in [5.74, 6) is 1.18. The average Bonchev–Trinajstić information content (AvgIpc) is 3.03. The molecule has 164 valence electrons. The highest BCUT2D eigenvalue weighted by molar-refractivity contribution is 7.89. The second kappa shape index (κ2) is 8.69. The number of carbonyl (C=O) groups excluding carboxylic acids is 1. The van der Waals surface area contributed by atoms with Gasteiger partial charge in [-0.15, -0.1) is 0 Å². The van der Waals surface area contributed by atoms with Gasteiger partial charge in [0.25, 0.3) is 5.91 Å². The molecule has 1 aromatic heterocycles. The molecule has 2 aromatic rings. The molecule has 0 saturated carbocycles. The van der Waals surface area contributed by atoms with Gasteiger partial charge in [0.1, 0.15) is 22.1 Å².